The van der Waals surface area contributed by atoms with Crippen LogP contribution < -0.4 is 18.7 Å². The lowest BCUT2D eigenvalue weighted by Crippen LogP contribution is -2.39. The van der Waals surface area contributed by atoms with E-state index in [1.165, 1.54) is 11.3 Å². The van der Waals surface area contributed by atoms with Gasteiger partial charge in [0, 0.05) is 11.1 Å². The number of quaternary nitrogens is 1. The number of hydrogen-bond donors (Lipinski definition) is 0. The average Bonchev–Trinajstić information content (AvgIpc) is 3.15. The van der Waals surface area contributed by atoms with Crippen molar-refractivity contribution >= 4 is 5.69 Å². The minimum atomic E-state index is 0.235. The maximum atomic E-state index is 5.69. The predicted octanol–water partition coefficient (Wildman–Crippen LogP) is 5.17. The molecule has 0 N–H and O–H groups in total. The zero-order valence-corrected chi connectivity index (χ0v) is 16.9. The SMILES string of the molecule is COc1c2c(cc(C)c1-c1ccc([N+](C)(C)Cc3ccccc3)cc1)OCO2. The quantitative estimate of drug-likeness (QED) is 0.575. The lowest BCUT2D eigenvalue weighted by Gasteiger charge is -2.29. The summed E-state index contributed by atoms with van der Waals surface area (Å²) < 4.78 is 17.6. The zero-order chi connectivity index (χ0) is 19.7. The molecule has 0 aromatic heterocycles. The first-order valence-corrected chi connectivity index (χ1v) is 9.45. The molecule has 1 aliphatic heterocycles. The van der Waals surface area contributed by atoms with Gasteiger partial charge >= 0.3 is 0 Å². The van der Waals surface area contributed by atoms with Crippen LogP contribution in [0.3, 0.4) is 0 Å². The van der Waals surface area contributed by atoms with E-state index in [1.54, 1.807) is 7.11 Å². The van der Waals surface area contributed by atoms with Gasteiger partial charge in [-0.2, -0.15) is 0 Å². The Morgan fingerprint density at radius 3 is 2.36 bits per heavy atom. The lowest BCUT2D eigenvalue weighted by molar-refractivity contribution is 0.171. The highest BCUT2D eigenvalue weighted by atomic mass is 16.7. The number of hydrogen-bond acceptors (Lipinski definition) is 3. The first kappa shape index (κ1) is 18.4. The van der Waals surface area contributed by atoms with Crippen LogP contribution in [0.25, 0.3) is 11.1 Å². The van der Waals surface area contributed by atoms with Gasteiger partial charge in [0.25, 0.3) is 0 Å². The molecule has 0 unspecified atom stereocenters. The Hall–Kier alpha value is -2.98. The maximum Gasteiger partial charge on any atom is 0.231 e. The summed E-state index contributed by atoms with van der Waals surface area (Å²) in [4.78, 5) is 0. The molecule has 0 amide bonds. The lowest BCUT2D eigenvalue weighted by atomic mass is 9.97. The number of benzene rings is 3. The molecule has 4 nitrogen and oxygen atoms in total. The zero-order valence-electron chi connectivity index (χ0n) is 16.9. The molecule has 0 spiro atoms. The second-order valence-electron chi connectivity index (χ2n) is 7.71. The summed E-state index contributed by atoms with van der Waals surface area (Å²) in [6, 6.07) is 21.3. The van der Waals surface area contributed by atoms with Gasteiger partial charge in [-0.3, -0.25) is 4.48 Å². The van der Waals surface area contributed by atoms with E-state index in [4.69, 9.17) is 14.2 Å². The summed E-state index contributed by atoms with van der Waals surface area (Å²) >= 11 is 0. The second-order valence-corrected chi connectivity index (χ2v) is 7.71. The van der Waals surface area contributed by atoms with E-state index < -0.39 is 0 Å². The van der Waals surface area contributed by atoms with Gasteiger partial charge in [-0.15, -0.1) is 0 Å². The molecular weight excluding hydrogens is 350 g/mol. The van der Waals surface area contributed by atoms with Crippen LogP contribution >= 0.6 is 0 Å². The fraction of sp³-hybridized carbons (Fsp3) is 0.250. The van der Waals surface area contributed by atoms with Crippen molar-refractivity contribution < 1.29 is 14.2 Å². The second kappa shape index (κ2) is 7.21. The number of fused-ring (bicyclic) bond motifs is 1. The molecule has 0 saturated carbocycles. The summed E-state index contributed by atoms with van der Waals surface area (Å²) in [5.41, 5.74) is 5.84. The van der Waals surface area contributed by atoms with Crippen LogP contribution in [0.4, 0.5) is 5.69 Å². The maximum absolute atomic E-state index is 5.69. The Bertz CT molecular complexity index is 979. The number of ether oxygens (including phenoxy) is 3. The highest BCUT2D eigenvalue weighted by Gasteiger charge is 2.25. The molecule has 4 rings (SSSR count). The van der Waals surface area contributed by atoms with E-state index in [2.05, 4.69) is 75.6 Å². The summed E-state index contributed by atoms with van der Waals surface area (Å²) in [7, 11) is 6.14. The van der Waals surface area contributed by atoms with Crippen molar-refractivity contribution in [3.63, 3.8) is 0 Å². The molecule has 0 radical (unpaired) electrons. The normalized spacial score (nSPS) is 12.9. The number of nitrogens with zero attached hydrogens (tertiary/aromatic N) is 1. The van der Waals surface area contributed by atoms with E-state index >= 15 is 0 Å². The van der Waals surface area contributed by atoms with Crippen LogP contribution in [0.15, 0.2) is 60.7 Å². The predicted molar refractivity (Wildman–Crippen MR) is 113 cm³/mol. The van der Waals surface area contributed by atoms with Crippen LogP contribution in [0.2, 0.25) is 0 Å². The van der Waals surface area contributed by atoms with Gasteiger partial charge in [-0.25, -0.2) is 0 Å². The topological polar surface area (TPSA) is 27.7 Å². The van der Waals surface area contributed by atoms with Crippen molar-refractivity contribution in [3.8, 4) is 28.4 Å². The highest BCUT2D eigenvalue weighted by Crippen LogP contribution is 2.48. The molecule has 0 bridgehead atoms. The Morgan fingerprint density at radius 2 is 1.68 bits per heavy atom. The van der Waals surface area contributed by atoms with Crippen molar-refractivity contribution in [1.82, 2.24) is 4.48 Å². The van der Waals surface area contributed by atoms with Gasteiger partial charge in [-0.1, -0.05) is 30.3 Å². The van der Waals surface area contributed by atoms with Crippen LogP contribution in [0, 0.1) is 6.92 Å². The fourth-order valence-electron chi connectivity index (χ4n) is 3.85. The molecule has 144 valence electrons. The Labute approximate surface area is 166 Å². The van der Waals surface area contributed by atoms with E-state index in [9.17, 15) is 0 Å². The number of aryl methyl sites for hydroxylation is 1. The number of rotatable bonds is 5. The minimum Gasteiger partial charge on any atom is -0.492 e. The molecule has 3 aromatic rings. The van der Waals surface area contributed by atoms with Gasteiger partial charge in [0.05, 0.1) is 21.2 Å². The van der Waals surface area contributed by atoms with Crippen LogP contribution in [-0.4, -0.2) is 28.0 Å². The summed E-state index contributed by atoms with van der Waals surface area (Å²) in [6.45, 7) is 3.24. The van der Waals surface area contributed by atoms with Crippen LogP contribution in [-0.2, 0) is 6.54 Å². The van der Waals surface area contributed by atoms with Crippen LogP contribution in [0.5, 0.6) is 17.2 Å². The molecule has 3 aromatic carbocycles. The molecule has 0 atom stereocenters. The Balaban J connectivity index is 1.67. The monoisotopic (exact) mass is 376 g/mol. The third kappa shape index (κ3) is 3.32. The Morgan fingerprint density at radius 1 is 0.964 bits per heavy atom. The van der Waals surface area contributed by atoms with E-state index in [-0.39, 0.29) is 6.79 Å². The van der Waals surface area contributed by atoms with Gasteiger partial charge in [0.2, 0.25) is 12.5 Å². The average molecular weight is 376 g/mol. The third-order valence-electron chi connectivity index (χ3n) is 5.30. The van der Waals surface area contributed by atoms with E-state index in [1.807, 2.05) is 6.07 Å². The molecule has 0 saturated heterocycles. The molecule has 1 heterocycles. The van der Waals surface area contributed by atoms with Crippen molar-refractivity contribution in [1.29, 1.82) is 0 Å². The highest BCUT2D eigenvalue weighted by molar-refractivity contribution is 5.80. The van der Waals surface area contributed by atoms with E-state index in [0.717, 1.165) is 39.2 Å². The van der Waals surface area contributed by atoms with Crippen molar-refractivity contribution in [2.75, 3.05) is 28.0 Å². The van der Waals surface area contributed by atoms with Gasteiger partial charge < -0.3 is 14.2 Å². The third-order valence-corrected chi connectivity index (χ3v) is 5.30. The largest absolute Gasteiger partial charge is 0.492 e. The summed E-state index contributed by atoms with van der Waals surface area (Å²) in [5.74, 6) is 2.17. The first-order chi connectivity index (χ1) is 13.5. The van der Waals surface area contributed by atoms with E-state index in [0.29, 0.717) is 5.75 Å². The van der Waals surface area contributed by atoms with Gasteiger partial charge in [0.1, 0.15) is 12.2 Å². The molecule has 28 heavy (non-hydrogen) atoms. The summed E-state index contributed by atoms with van der Waals surface area (Å²) in [5, 5.41) is 0. The molecule has 0 aliphatic carbocycles. The standard InChI is InChI=1S/C24H26NO3/c1-17-14-21-23(28-16-27-21)24(26-4)22(17)19-10-12-20(13-11-19)25(2,3)15-18-8-6-5-7-9-18/h5-14H,15-16H2,1-4H3/q+1. The van der Waals surface area contributed by atoms with Crippen molar-refractivity contribution in [2.24, 2.45) is 0 Å². The van der Waals surface area contributed by atoms with Crippen molar-refractivity contribution in [3.05, 3.63) is 71.8 Å². The van der Waals surface area contributed by atoms with Crippen LogP contribution in [0.1, 0.15) is 11.1 Å². The fourth-order valence-corrected chi connectivity index (χ4v) is 3.85. The van der Waals surface area contributed by atoms with Crippen molar-refractivity contribution in [2.45, 2.75) is 13.5 Å². The minimum absolute atomic E-state index is 0.235. The number of methoxy groups -OCH3 is 1. The summed E-state index contributed by atoms with van der Waals surface area (Å²) in [6.07, 6.45) is 0. The molecule has 0 fully saturated rings. The van der Waals surface area contributed by atoms with Gasteiger partial charge in [-0.05, 0) is 48.4 Å². The molecular formula is C24H26NO3+. The molecule has 4 heteroatoms. The van der Waals surface area contributed by atoms with Gasteiger partial charge in [0.15, 0.2) is 11.5 Å². The molecule has 1 aliphatic rings. The first-order valence-electron chi connectivity index (χ1n) is 9.45. The Kier molecular flexibility index (Phi) is 4.73. The smallest absolute Gasteiger partial charge is 0.231 e.